The number of hydrogen-bond acceptors (Lipinski definition) is 2. The molecular weight excluding hydrogens is 306 g/mol. The van der Waals surface area contributed by atoms with Gasteiger partial charge in [0, 0.05) is 29.7 Å². The molecule has 1 saturated heterocycles. The highest BCUT2D eigenvalue weighted by atomic mass is 16.5. The second-order valence-corrected chi connectivity index (χ2v) is 9.67. The van der Waals surface area contributed by atoms with Crippen molar-refractivity contribution in [1.82, 2.24) is 4.98 Å². The second-order valence-electron chi connectivity index (χ2n) is 9.67. The molecule has 2 nitrogen and oxygen atoms in total. The van der Waals surface area contributed by atoms with Crippen LogP contribution in [0, 0.1) is 5.92 Å². The zero-order valence-corrected chi connectivity index (χ0v) is 16.8. The molecule has 25 heavy (non-hydrogen) atoms. The van der Waals surface area contributed by atoms with Gasteiger partial charge in [0.1, 0.15) is 0 Å². The summed E-state index contributed by atoms with van der Waals surface area (Å²) in [6.45, 7) is 15.5. The molecule has 0 amide bonds. The van der Waals surface area contributed by atoms with Crippen LogP contribution in [-0.4, -0.2) is 18.2 Å². The van der Waals surface area contributed by atoms with Gasteiger partial charge in [0.25, 0.3) is 0 Å². The first-order valence-electron chi connectivity index (χ1n) is 9.67. The van der Waals surface area contributed by atoms with Crippen molar-refractivity contribution in [2.24, 2.45) is 5.92 Å². The van der Waals surface area contributed by atoms with Gasteiger partial charge in [-0.1, -0.05) is 47.6 Å². The van der Waals surface area contributed by atoms with Crippen molar-refractivity contribution in [2.75, 3.05) is 13.2 Å². The van der Waals surface area contributed by atoms with Crippen LogP contribution in [0.3, 0.4) is 0 Å². The molecule has 136 valence electrons. The number of benzene rings is 1. The Labute approximate surface area is 153 Å². The zero-order valence-electron chi connectivity index (χ0n) is 16.8. The van der Waals surface area contributed by atoms with Gasteiger partial charge in [-0.2, -0.15) is 0 Å². The summed E-state index contributed by atoms with van der Waals surface area (Å²) in [5.41, 5.74) is 5.34. The van der Waals surface area contributed by atoms with Crippen LogP contribution in [-0.2, 0) is 22.0 Å². The van der Waals surface area contributed by atoms with E-state index in [1.165, 1.54) is 35.0 Å². The first-order chi connectivity index (χ1) is 11.6. The number of fused-ring (bicyclic) bond motifs is 1. The first-order valence-corrected chi connectivity index (χ1v) is 9.67. The fourth-order valence-corrected chi connectivity index (χ4v) is 3.69. The monoisotopic (exact) mass is 339 g/mol. The average molecular weight is 340 g/mol. The zero-order chi connectivity index (χ0) is 18.2. The average Bonchev–Trinajstić information content (AvgIpc) is 2.53. The summed E-state index contributed by atoms with van der Waals surface area (Å²) in [4.78, 5) is 4.99. The van der Waals surface area contributed by atoms with E-state index in [9.17, 15) is 0 Å². The molecule has 0 saturated carbocycles. The standard InChI is InChI=1S/C23H33NO/c1-22(2,3)19-15-21(23(4,5)6)24-20-8-7-17(14-18(19)20)13-16-9-11-25-12-10-16/h7-8,14-16H,9-13H2,1-6H3. The van der Waals surface area contributed by atoms with Crippen molar-refractivity contribution in [2.45, 2.75) is 71.6 Å². The third-order valence-corrected chi connectivity index (χ3v) is 5.31. The summed E-state index contributed by atoms with van der Waals surface area (Å²) < 4.78 is 5.51. The van der Waals surface area contributed by atoms with E-state index in [1.54, 1.807) is 0 Å². The lowest BCUT2D eigenvalue weighted by atomic mass is 9.81. The molecular formula is C23H33NO. The molecule has 2 heteroatoms. The Bertz CT molecular complexity index is 743. The van der Waals surface area contributed by atoms with Gasteiger partial charge >= 0.3 is 0 Å². The van der Waals surface area contributed by atoms with Crippen LogP contribution >= 0.6 is 0 Å². The van der Waals surface area contributed by atoms with Gasteiger partial charge in [0.2, 0.25) is 0 Å². The van der Waals surface area contributed by atoms with E-state index >= 15 is 0 Å². The third-order valence-electron chi connectivity index (χ3n) is 5.31. The minimum Gasteiger partial charge on any atom is -0.381 e. The maximum Gasteiger partial charge on any atom is 0.0708 e. The highest BCUT2D eigenvalue weighted by Crippen LogP contribution is 2.34. The molecule has 0 unspecified atom stereocenters. The van der Waals surface area contributed by atoms with E-state index in [1.807, 2.05) is 0 Å². The lowest BCUT2D eigenvalue weighted by Crippen LogP contribution is -2.19. The summed E-state index contributed by atoms with van der Waals surface area (Å²) in [5, 5.41) is 1.32. The van der Waals surface area contributed by atoms with Crippen molar-refractivity contribution in [3.05, 3.63) is 41.1 Å². The molecule has 0 spiro atoms. The van der Waals surface area contributed by atoms with E-state index in [4.69, 9.17) is 9.72 Å². The largest absolute Gasteiger partial charge is 0.381 e. The Morgan fingerprint density at radius 3 is 2.24 bits per heavy atom. The topological polar surface area (TPSA) is 22.1 Å². The van der Waals surface area contributed by atoms with E-state index in [0.29, 0.717) is 0 Å². The van der Waals surface area contributed by atoms with Crippen LogP contribution < -0.4 is 0 Å². The number of aromatic nitrogens is 1. The van der Waals surface area contributed by atoms with Crippen LogP contribution in [0.5, 0.6) is 0 Å². The molecule has 1 aromatic heterocycles. The van der Waals surface area contributed by atoms with Crippen molar-refractivity contribution in [3.63, 3.8) is 0 Å². The number of ether oxygens (including phenoxy) is 1. The normalized spacial score (nSPS) is 17.2. The summed E-state index contributed by atoms with van der Waals surface area (Å²) in [7, 11) is 0. The maximum absolute atomic E-state index is 5.51. The minimum atomic E-state index is 0.0644. The maximum atomic E-state index is 5.51. The molecule has 0 N–H and O–H groups in total. The van der Waals surface area contributed by atoms with Crippen LogP contribution in [0.2, 0.25) is 0 Å². The van der Waals surface area contributed by atoms with Gasteiger partial charge < -0.3 is 4.74 Å². The molecule has 0 aliphatic carbocycles. The van der Waals surface area contributed by atoms with E-state index < -0.39 is 0 Å². The SMILES string of the molecule is CC(C)(C)c1cc(C(C)(C)C)c2cc(CC3CCOCC3)ccc2n1. The molecule has 0 bridgehead atoms. The van der Waals surface area contributed by atoms with Crippen molar-refractivity contribution >= 4 is 10.9 Å². The van der Waals surface area contributed by atoms with Crippen molar-refractivity contribution < 1.29 is 4.74 Å². The molecule has 2 heterocycles. The van der Waals surface area contributed by atoms with Gasteiger partial charge in [-0.15, -0.1) is 0 Å². The van der Waals surface area contributed by atoms with E-state index in [0.717, 1.165) is 31.1 Å². The summed E-state index contributed by atoms with van der Waals surface area (Å²) >= 11 is 0. The second kappa shape index (κ2) is 6.72. The smallest absolute Gasteiger partial charge is 0.0708 e. The Morgan fingerprint density at radius 2 is 1.64 bits per heavy atom. The number of nitrogens with zero attached hydrogens (tertiary/aromatic N) is 1. The van der Waals surface area contributed by atoms with Crippen LogP contribution in [0.15, 0.2) is 24.3 Å². The van der Waals surface area contributed by atoms with Gasteiger partial charge in [-0.25, -0.2) is 0 Å². The molecule has 0 radical (unpaired) electrons. The number of pyridine rings is 1. The molecule has 1 aliphatic heterocycles. The van der Waals surface area contributed by atoms with Crippen molar-refractivity contribution in [3.8, 4) is 0 Å². The third kappa shape index (κ3) is 4.23. The Morgan fingerprint density at radius 1 is 0.960 bits per heavy atom. The Balaban J connectivity index is 2.05. The lowest BCUT2D eigenvalue weighted by Gasteiger charge is -2.26. The molecule has 0 atom stereocenters. The van der Waals surface area contributed by atoms with Gasteiger partial charge in [0.15, 0.2) is 0 Å². The summed E-state index contributed by atoms with van der Waals surface area (Å²) in [6.07, 6.45) is 3.53. The van der Waals surface area contributed by atoms with E-state index in [-0.39, 0.29) is 10.8 Å². The molecule has 1 aromatic carbocycles. The van der Waals surface area contributed by atoms with Crippen LogP contribution in [0.4, 0.5) is 0 Å². The number of hydrogen-bond donors (Lipinski definition) is 0. The van der Waals surface area contributed by atoms with Crippen LogP contribution in [0.1, 0.15) is 71.2 Å². The van der Waals surface area contributed by atoms with Crippen molar-refractivity contribution in [1.29, 1.82) is 0 Å². The Hall–Kier alpha value is -1.41. The highest BCUT2D eigenvalue weighted by molar-refractivity contribution is 5.84. The first kappa shape index (κ1) is 18.4. The van der Waals surface area contributed by atoms with Crippen LogP contribution in [0.25, 0.3) is 10.9 Å². The summed E-state index contributed by atoms with van der Waals surface area (Å²) in [6, 6.07) is 9.24. The van der Waals surface area contributed by atoms with E-state index in [2.05, 4.69) is 65.8 Å². The predicted octanol–water partition coefficient (Wildman–Crippen LogP) is 5.80. The number of rotatable bonds is 2. The fraction of sp³-hybridized carbons (Fsp3) is 0.609. The van der Waals surface area contributed by atoms with Gasteiger partial charge in [-0.05, 0) is 59.9 Å². The van der Waals surface area contributed by atoms with Gasteiger partial charge in [-0.3, -0.25) is 4.98 Å². The molecule has 1 fully saturated rings. The fourth-order valence-electron chi connectivity index (χ4n) is 3.69. The van der Waals surface area contributed by atoms with Gasteiger partial charge in [0.05, 0.1) is 5.52 Å². The summed E-state index contributed by atoms with van der Waals surface area (Å²) in [5.74, 6) is 0.756. The Kier molecular flexibility index (Phi) is 4.94. The minimum absolute atomic E-state index is 0.0644. The quantitative estimate of drug-likeness (QED) is 0.690. The predicted molar refractivity (Wildman–Crippen MR) is 106 cm³/mol. The lowest BCUT2D eigenvalue weighted by molar-refractivity contribution is 0.0665. The molecule has 3 rings (SSSR count). The molecule has 1 aliphatic rings. The molecule has 2 aromatic rings. The highest BCUT2D eigenvalue weighted by Gasteiger charge is 2.24.